The predicted molar refractivity (Wildman–Crippen MR) is 67.3 cm³/mol. The highest BCUT2D eigenvalue weighted by atomic mass is 79.9. The highest BCUT2D eigenvalue weighted by Crippen LogP contribution is 2.24. The summed E-state index contributed by atoms with van der Waals surface area (Å²) in [7, 11) is 0. The molecule has 3 nitrogen and oxygen atoms in total. The molecule has 1 heterocycles. The predicted octanol–water partition coefficient (Wildman–Crippen LogP) is 3.25. The highest BCUT2D eigenvalue weighted by Gasteiger charge is 2.03. The highest BCUT2D eigenvalue weighted by molar-refractivity contribution is 9.10. The maximum absolute atomic E-state index is 5.56. The van der Waals surface area contributed by atoms with Gasteiger partial charge in [0.1, 0.15) is 0 Å². The molecule has 2 rings (SSSR count). The fraction of sp³-hybridized carbons (Fsp3) is 0. The van der Waals surface area contributed by atoms with E-state index in [0.29, 0.717) is 5.82 Å². The van der Waals surface area contributed by atoms with Crippen molar-refractivity contribution in [1.82, 2.24) is 10.2 Å². The van der Waals surface area contributed by atoms with Gasteiger partial charge in [0.25, 0.3) is 0 Å². The Bertz CT molecular complexity index is 483. The summed E-state index contributed by atoms with van der Waals surface area (Å²) in [5.74, 6) is 0.399. The van der Waals surface area contributed by atoms with Crippen LogP contribution in [0, 0.1) is 0 Å². The molecule has 1 aromatic carbocycles. The summed E-state index contributed by atoms with van der Waals surface area (Å²) in [5, 5.41) is 7.87. The van der Waals surface area contributed by atoms with Crippen molar-refractivity contribution < 1.29 is 0 Å². The standard InChI is InChI=1S/C10H7Br2N3/c11-7-3-1-6(2-4-7)9-5-8(12)10(13)15-14-9/h1-5H,(H2,13,15). The molecule has 2 aromatic rings. The second kappa shape index (κ2) is 4.28. The second-order valence-electron chi connectivity index (χ2n) is 2.97. The van der Waals surface area contributed by atoms with Crippen molar-refractivity contribution in [3.63, 3.8) is 0 Å². The molecule has 0 amide bonds. The molecule has 0 spiro atoms. The van der Waals surface area contributed by atoms with E-state index in [1.54, 1.807) is 0 Å². The van der Waals surface area contributed by atoms with Crippen LogP contribution < -0.4 is 5.73 Å². The summed E-state index contributed by atoms with van der Waals surface area (Å²) < 4.78 is 1.80. The van der Waals surface area contributed by atoms with Gasteiger partial charge in [0, 0.05) is 10.0 Å². The lowest BCUT2D eigenvalue weighted by molar-refractivity contribution is 1.04. The van der Waals surface area contributed by atoms with Crippen molar-refractivity contribution in [3.05, 3.63) is 39.3 Å². The third-order valence-corrected chi connectivity index (χ3v) is 3.08. The Labute approximate surface area is 104 Å². The minimum absolute atomic E-state index is 0.399. The van der Waals surface area contributed by atoms with Crippen molar-refractivity contribution in [2.24, 2.45) is 0 Å². The lowest BCUT2D eigenvalue weighted by atomic mass is 10.1. The first kappa shape index (κ1) is 10.6. The molecule has 0 bridgehead atoms. The number of hydrogen-bond donors (Lipinski definition) is 1. The van der Waals surface area contributed by atoms with Crippen molar-refractivity contribution in [3.8, 4) is 11.3 Å². The van der Waals surface area contributed by atoms with Gasteiger partial charge in [-0.2, -0.15) is 0 Å². The number of nitrogens with zero attached hydrogens (tertiary/aromatic N) is 2. The summed E-state index contributed by atoms with van der Waals surface area (Å²) in [5.41, 5.74) is 7.36. The molecule has 0 saturated carbocycles. The quantitative estimate of drug-likeness (QED) is 0.874. The fourth-order valence-corrected chi connectivity index (χ4v) is 1.70. The molecule has 0 fully saturated rings. The summed E-state index contributed by atoms with van der Waals surface area (Å²) in [6.07, 6.45) is 0. The Morgan fingerprint density at radius 1 is 1.00 bits per heavy atom. The summed E-state index contributed by atoms with van der Waals surface area (Å²) >= 11 is 6.70. The van der Waals surface area contributed by atoms with Gasteiger partial charge in [-0.3, -0.25) is 0 Å². The van der Waals surface area contributed by atoms with Gasteiger partial charge in [-0.25, -0.2) is 0 Å². The first-order valence-electron chi connectivity index (χ1n) is 4.21. The van der Waals surface area contributed by atoms with E-state index in [4.69, 9.17) is 5.73 Å². The van der Waals surface area contributed by atoms with E-state index in [9.17, 15) is 0 Å². The van der Waals surface area contributed by atoms with Gasteiger partial charge in [0.15, 0.2) is 5.82 Å². The van der Waals surface area contributed by atoms with Crippen LogP contribution in [0.1, 0.15) is 0 Å². The third-order valence-electron chi connectivity index (χ3n) is 1.91. The van der Waals surface area contributed by atoms with Crippen LogP contribution in [0.4, 0.5) is 5.82 Å². The molecule has 15 heavy (non-hydrogen) atoms. The Morgan fingerprint density at radius 2 is 1.67 bits per heavy atom. The molecule has 0 aliphatic rings. The van der Waals surface area contributed by atoms with Crippen LogP contribution in [0.25, 0.3) is 11.3 Å². The molecule has 0 unspecified atom stereocenters. The Balaban J connectivity index is 2.45. The molecule has 76 valence electrons. The van der Waals surface area contributed by atoms with Crippen LogP contribution in [0.15, 0.2) is 39.3 Å². The monoisotopic (exact) mass is 327 g/mol. The van der Waals surface area contributed by atoms with Crippen LogP contribution in [0.3, 0.4) is 0 Å². The Morgan fingerprint density at radius 3 is 2.27 bits per heavy atom. The zero-order valence-electron chi connectivity index (χ0n) is 7.61. The number of benzene rings is 1. The number of halogens is 2. The molecule has 0 aliphatic carbocycles. The number of anilines is 1. The van der Waals surface area contributed by atoms with Gasteiger partial charge >= 0.3 is 0 Å². The molecular weight excluding hydrogens is 322 g/mol. The zero-order chi connectivity index (χ0) is 10.8. The number of nitrogen functional groups attached to an aromatic ring is 1. The van der Waals surface area contributed by atoms with E-state index in [0.717, 1.165) is 20.2 Å². The second-order valence-corrected chi connectivity index (χ2v) is 4.74. The largest absolute Gasteiger partial charge is 0.381 e. The summed E-state index contributed by atoms with van der Waals surface area (Å²) in [6.45, 7) is 0. The average Bonchev–Trinajstić information content (AvgIpc) is 2.23. The fourth-order valence-electron chi connectivity index (χ4n) is 1.14. The van der Waals surface area contributed by atoms with Gasteiger partial charge in [0.2, 0.25) is 0 Å². The molecule has 1 aromatic heterocycles. The van der Waals surface area contributed by atoms with Crippen molar-refractivity contribution in [2.75, 3.05) is 5.73 Å². The first-order valence-corrected chi connectivity index (χ1v) is 5.80. The van der Waals surface area contributed by atoms with Crippen LogP contribution >= 0.6 is 31.9 Å². The van der Waals surface area contributed by atoms with E-state index < -0.39 is 0 Å². The normalized spacial score (nSPS) is 10.3. The topological polar surface area (TPSA) is 51.8 Å². The maximum Gasteiger partial charge on any atom is 0.160 e. The van der Waals surface area contributed by atoms with Crippen molar-refractivity contribution >= 4 is 37.7 Å². The molecule has 0 aliphatic heterocycles. The number of hydrogen-bond acceptors (Lipinski definition) is 3. The van der Waals surface area contributed by atoms with E-state index in [2.05, 4.69) is 42.1 Å². The van der Waals surface area contributed by atoms with E-state index in [1.165, 1.54) is 0 Å². The number of aromatic nitrogens is 2. The smallest absolute Gasteiger partial charge is 0.160 e. The molecular formula is C10H7Br2N3. The molecule has 2 N–H and O–H groups in total. The van der Waals surface area contributed by atoms with Crippen molar-refractivity contribution in [1.29, 1.82) is 0 Å². The lowest BCUT2D eigenvalue weighted by Crippen LogP contribution is -1.95. The van der Waals surface area contributed by atoms with Crippen LogP contribution in [0.2, 0.25) is 0 Å². The summed E-state index contributed by atoms with van der Waals surface area (Å²) in [6, 6.07) is 9.71. The van der Waals surface area contributed by atoms with E-state index in [-0.39, 0.29) is 0 Å². The molecule has 0 radical (unpaired) electrons. The van der Waals surface area contributed by atoms with E-state index >= 15 is 0 Å². The third kappa shape index (κ3) is 2.35. The molecule has 5 heteroatoms. The average molecular weight is 329 g/mol. The van der Waals surface area contributed by atoms with Crippen LogP contribution in [0.5, 0.6) is 0 Å². The van der Waals surface area contributed by atoms with Gasteiger partial charge < -0.3 is 5.73 Å². The van der Waals surface area contributed by atoms with Gasteiger partial charge in [-0.15, -0.1) is 10.2 Å². The van der Waals surface area contributed by atoms with E-state index in [1.807, 2.05) is 30.3 Å². The minimum atomic E-state index is 0.399. The van der Waals surface area contributed by atoms with Crippen LogP contribution in [-0.4, -0.2) is 10.2 Å². The summed E-state index contributed by atoms with van der Waals surface area (Å²) in [4.78, 5) is 0. The molecule has 0 atom stereocenters. The zero-order valence-corrected chi connectivity index (χ0v) is 10.8. The van der Waals surface area contributed by atoms with Gasteiger partial charge in [0.05, 0.1) is 10.2 Å². The Hall–Kier alpha value is -0.940. The van der Waals surface area contributed by atoms with Crippen molar-refractivity contribution in [2.45, 2.75) is 0 Å². The molecule has 0 saturated heterocycles. The first-order chi connectivity index (χ1) is 7.16. The van der Waals surface area contributed by atoms with Crippen LogP contribution in [-0.2, 0) is 0 Å². The van der Waals surface area contributed by atoms with Gasteiger partial charge in [-0.1, -0.05) is 28.1 Å². The minimum Gasteiger partial charge on any atom is -0.381 e. The number of nitrogens with two attached hydrogens (primary N) is 1. The lowest BCUT2D eigenvalue weighted by Gasteiger charge is -2.02. The van der Waals surface area contributed by atoms with Gasteiger partial charge in [-0.05, 0) is 34.1 Å². The Kier molecular flexibility index (Phi) is 3.02. The number of rotatable bonds is 1. The SMILES string of the molecule is Nc1nnc(-c2ccc(Br)cc2)cc1Br. The maximum atomic E-state index is 5.56.